The van der Waals surface area contributed by atoms with E-state index in [9.17, 15) is 14.4 Å². The van der Waals surface area contributed by atoms with E-state index in [0.717, 1.165) is 42.9 Å². The van der Waals surface area contributed by atoms with Crippen molar-refractivity contribution in [3.8, 4) is 0 Å². The minimum absolute atomic E-state index is 0.0723. The van der Waals surface area contributed by atoms with Crippen LogP contribution in [0.2, 0.25) is 0 Å². The van der Waals surface area contributed by atoms with Gasteiger partial charge < -0.3 is 9.30 Å². The molecule has 0 atom stereocenters. The van der Waals surface area contributed by atoms with Crippen LogP contribution in [0.5, 0.6) is 0 Å². The topological polar surface area (TPSA) is 83.2 Å². The van der Waals surface area contributed by atoms with Gasteiger partial charge in [-0.2, -0.15) is 0 Å². The molecular formula is C25H27N3O4. The van der Waals surface area contributed by atoms with Gasteiger partial charge in [-0.25, -0.2) is 9.78 Å². The molecule has 0 amide bonds. The molecular weight excluding hydrogens is 406 g/mol. The van der Waals surface area contributed by atoms with Crippen LogP contribution >= 0.6 is 0 Å². The Labute approximate surface area is 186 Å². The molecule has 4 rings (SSSR count). The third-order valence-corrected chi connectivity index (χ3v) is 6.07. The molecule has 0 unspecified atom stereocenters. The maximum absolute atomic E-state index is 12.8. The van der Waals surface area contributed by atoms with E-state index in [-0.39, 0.29) is 23.5 Å². The van der Waals surface area contributed by atoms with Gasteiger partial charge in [-0.15, -0.1) is 6.58 Å². The second-order valence-electron chi connectivity index (χ2n) is 8.21. The number of ketones is 1. The summed E-state index contributed by atoms with van der Waals surface area (Å²) in [7, 11) is 0. The van der Waals surface area contributed by atoms with Crippen molar-refractivity contribution in [3.05, 3.63) is 75.6 Å². The molecule has 0 radical (unpaired) electrons. The van der Waals surface area contributed by atoms with Crippen LogP contribution in [0.1, 0.15) is 57.2 Å². The summed E-state index contributed by atoms with van der Waals surface area (Å²) >= 11 is 0. The van der Waals surface area contributed by atoms with Crippen LogP contribution in [0.4, 0.5) is 0 Å². The highest BCUT2D eigenvalue weighted by Gasteiger charge is 2.19. The first kappa shape index (κ1) is 21.7. The molecule has 0 aliphatic carbocycles. The summed E-state index contributed by atoms with van der Waals surface area (Å²) in [6, 6.07) is 6.54. The van der Waals surface area contributed by atoms with Crippen LogP contribution in [0.15, 0.2) is 41.7 Å². The van der Waals surface area contributed by atoms with E-state index in [1.54, 1.807) is 34.9 Å². The average molecular weight is 434 g/mol. The van der Waals surface area contributed by atoms with Crippen LogP contribution in [0.3, 0.4) is 0 Å². The van der Waals surface area contributed by atoms with Crippen LogP contribution in [0.25, 0.3) is 10.9 Å². The summed E-state index contributed by atoms with van der Waals surface area (Å²) in [4.78, 5) is 42.7. The number of Topliss-reactive ketones (excluding diaryl/α,β-unsaturated/α-hetero) is 1. The third-order valence-electron chi connectivity index (χ3n) is 6.07. The Morgan fingerprint density at radius 3 is 2.78 bits per heavy atom. The number of aromatic nitrogens is 3. The highest BCUT2D eigenvalue weighted by atomic mass is 16.5. The monoisotopic (exact) mass is 433 g/mol. The van der Waals surface area contributed by atoms with Crippen molar-refractivity contribution < 1.29 is 14.3 Å². The number of carbonyl (C=O) groups excluding carboxylic acids is 2. The van der Waals surface area contributed by atoms with Gasteiger partial charge in [0, 0.05) is 36.5 Å². The van der Waals surface area contributed by atoms with Crippen LogP contribution < -0.4 is 5.56 Å². The molecule has 0 fully saturated rings. The van der Waals surface area contributed by atoms with Crippen LogP contribution in [0, 0.1) is 13.8 Å². The number of hydrogen-bond donors (Lipinski definition) is 0. The van der Waals surface area contributed by atoms with Crippen molar-refractivity contribution in [2.24, 2.45) is 0 Å². The standard InChI is InChI=1S/C25H27N3O4/c1-4-11-27-16(2)13-20(17(27)3)22(29)15-32-25(31)18-9-10-19-21(14-18)26-23-8-6-5-7-12-28(23)24(19)30/h4,9-10,13-14H,1,5-8,11-12,15H2,2-3H3. The number of aryl methyl sites for hydroxylation is 2. The van der Waals surface area contributed by atoms with E-state index in [1.165, 1.54) is 0 Å². The molecule has 2 aromatic heterocycles. The van der Waals surface area contributed by atoms with E-state index in [0.29, 0.717) is 29.6 Å². The lowest BCUT2D eigenvalue weighted by atomic mass is 10.1. The maximum Gasteiger partial charge on any atom is 0.338 e. The van der Waals surface area contributed by atoms with Crippen molar-refractivity contribution in [1.29, 1.82) is 0 Å². The average Bonchev–Trinajstić information content (AvgIpc) is 2.95. The Balaban J connectivity index is 1.53. The van der Waals surface area contributed by atoms with Crippen LogP contribution in [-0.2, 0) is 24.2 Å². The summed E-state index contributed by atoms with van der Waals surface area (Å²) < 4.78 is 9.02. The molecule has 1 aliphatic rings. The molecule has 3 aromatic rings. The number of benzene rings is 1. The highest BCUT2D eigenvalue weighted by molar-refractivity contribution is 6.01. The molecule has 3 heterocycles. The molecule has 1 aliphatic heterocycles. The number of carbonyl (C=O) groups is 2. The van der Waals surface area contributed by atoms with Gasteiger partial charge in [0.25, 0.3) is 5.56 Å². The lowest BCUT2D eigenvalue weighted by molar-refractivity contribution is 0.0474. The van der Waals surface area contributed by atoms with Crippen molar-refractivity contribution in [3.63, 3.8) is 0 Å². The van der Waals surface area contributed by atoms with Crippen molar-refractivity contribution in [2.45, 2.75) is 52.6 Å². The van der Waals surface area contributed by atoms with Gasteiger partial charge >= 0.3 is 5.97 Å². The first-order valence-electron chi connectivity index (χ1n) is 10.9. The van der Waals surface area contributed by atoms with Gasteiger partial charge in [0.15, 0.2) is 6.61 Å². The zero-order chi connectivity index (χ0) is 22.8. The molecule has 32 heavy (non-hydrogen) atoms. The lowest BCUT2D eigenvalue weighted by Crippen LogP contribution is -2.24. The number of allylic oxidation sites excluding steroid dienone is 1. The van der Waals surface area contributed by atoms with Crippen LogP contribution in [-0.4, -0.2) is 32.5 Å². The minimum atomic E-state index is -0.614. The van der Waals surface area contributed by atoms with E-state index in [2.05, 4.69) is 11.6 Å². The summed E-state index contributed by atoms with van der Waals surface area (Å²) in [5.74, 6) is -0.114. The number of fused-ring (bicyclic) bond motifs is 2. The first-order valence-corrected chi connectivity index (χ1v) is 10.9. The third kappa shape index (κ3) is 4.02. The number of nitrogens with zero attached hydrogens (tertiary/aromatic N) is 3. The molecule has 0 saturated heterocycles. The van der Waals surface area contributed by atoms with Crippen molar-refractivity contribution in [2.75, 3.05) is 6.61 Å². The van der Waals surface area contributed by atoms with E-state index >= 15 is 0 Å². The lowest BCUT2D eigenvalue weighted by Gasteiger charge is -2.11. The Hall–Kier alpha value is -3.48. The fourth-order valence-electron chi connectivity index (χ4n) is 4.33. The zero-order valence-electron chi connectivity index (χ0n) is 18.5. The predicted octanol–water partition coefficient (Wildman–Crippen LogP) is 3.77. The van der Waals surface area contributed by atoms with E-state index < -0.39 is 5.97 Å². The Morgan fingerprint density at radius 1 is 1.19 bits per heavy atom. The number of rotatable bonds is 6. The molecule has 166 valence electrons. The summed E-state index contributed by atoms with van der Waals surface area (Å²) in [5, 5.41) is 0.484. The number of hydrogen-bond acceptors (Lipinski definition) is 5. The summed E-state index contributed by atoms with van der Waals surface area (Å²) in [5.41, 5.74) is 2.98. The fraction of sp³-hybridized carbons (Fsp3) is 0.360. The molecule has 0 bridgehead atoms. The number of ether oxygens (including phenoxy) is 1. The maximum atomic E-state index is 12.8. The quantitative estimate of drug-likeness (QED) is 0.336. The molecule has 7 nitrogen and oxygen atoms in total. The molecule has 0 saturated carbocycles. The smallest absolute Gasteiger partial charge is 0.338 e. The van der Waals surface area contributed by atoms with Crippen molar-refractivity contribution >= 4 is 22.7 Å². The normalized spacial score (nSPS) is 13.4. The predicted molar refractivity (Wildman–Crippen MR) is 122 cm³/mol. The molecule has 7 heteroatoms. The largest absolute Gasteiger partial charge is 0.454 e. The second kappa shape index (κ2) is 8.94. The molecule has 1 aromatic carbocycles. The Kier molecular flexibility index (Phi) is 6.08. The zero-order valence-corrected chi connectivity index (χ0v) is 18.5. The summed E-state index contributed by atoms with van der Waals surface area (Å²) in [6.45, 7) is 8.46. The number of esters is 1. The van der Waals surface area contributed by atoms with Crippen molar-refractivity contribution in [1.82, 2.24) is 14.1 Å². The molecule has 0 spiro atoms. The summed E-state index contributed by atoms with van der Waals surface area (Å²) in [6.07, 6.45) is 5.55. The van der Waals surface area contributed by atoms with Gasteiger partial charge in [0.2, 0.25) is 5.78 Å². The van der Waals surface area contributed by atoms with Gasteiger partial charge in [0.1, 0.15) is 5.82 Å². The fourth-order valence-corrected chi connectivity index (χ4v) is 4.33. The highest BCUT2D eigenvalue weighted by Crippen LogP contribution is 2.18. The van der Waals surface area contributed by atoms with Gasteiger partial charge in [-0.1, -0.05) is 12.5 Å². The Morgan fingerprint density at radius 2 is 2.00 bits per heavy atom. The SMILES string of the molecule is C=CCn1c(C)cc(C(=O)COC(=O)c2ccc3c(=O)n4c(nc3c2)CCCCC4)c1C. The van der Waals surface area contributed by atoms with E-state index in [1.807, 2.05) is 18.4 Å². The van der Waals surface area contributed by atoms with E-state index in [4.69, 9.17) is 4.74 Å². The minimum Gasteiger partial charge on any atom is -0.454 e. The Bertz CT molecular complexity index is 1280. The first-order chi connectivity index (χ1) is 15.4. The van der Waals surface area contributed by atoms with Gasteiger partial charge in [-0.05, 0) is 51.0 Å². The molecule has 0 N–H and O–H groups in total. The van der Waals surface area contributed by atoms with Gasteiger partial charge in [0.05, 0.1) is 16.5 Å². The second-order valence-corrected chi connectivity index (χ2v) is 8.21. The van der Waals surface area contributed by atoms with Gasteiger partial charge in [-0.3, -0.25) is 14.2 Å².